The summed E-state index contributed by atoms with van der Waals surface area (Å²) >= 11 is 0. The highest BCUT2D eigenvalue weighted by atomic mass is 16.6. The van der Waals surface area contributed by atoms with E-state index in [1.54, 1.807) is 0 Å². The van der Waals surface area contributed by atoms with Gasteiger partial charge in [0.1, 0.15) is 22.7 Å². The van der Waals surface area contributed by atoms with Crippen molar-refractivity contribution in [2.24, 2.45) is 0 Å². The van der Waals surface area contributed by atoms with Crippen molar-refractivity contribution in [1.82, 2.24) is 0 Å². The van der Waals surface area contributed by atoms with Crippen LogP contribution in [-0.4, -0.2) is 36.4 Å². The van der Waals surface area contributed by atoms with Crippen LogP contribution in [-0.2, 0) is 19.1 Å². The molecule has 0 radical (unpaired) electrons. The van der Waals surface area contributed by atoms with Crippen molar-refractivity contribution in [1.29, 1.82) is 0 Å². The Bertz CT molecular complexity index is 1170. The van der Waals surface area contributed by atoms with E-state index in [4.69, 9.17) is 18.9 Å². The van der Waals surface area contributed by atoms with E-state index in [2.05, 4.69) is 48.5 Å². The number of esters is 2. The van der Waals surface area contributed by atoms with Crippen LogP contribution in [0.3, 0.4) is 0 Å². The second-order valence-corrected chi connectivity index (χ2v) is 13.7. The number of carbonyl (C=O) groups is 2. The van der Waals surface area contributed by atoms with Gasteiger partial charge in [-0.3, -0.25) is 9.59 Å². The second kappa shape index (κ2) is 17.3. The fraction of sp³-hybridized carbons (Fsp3) is 0.579. The van der Waals surface area contributed by atoms with E-state index in [0.717, 1.165) is 97.3 Å². The fourth-order valence-electron chi connectivity index (χ4n) is 5.30. The van der Waals surface area contributed by atoms with Gasteiger partial charge in [-0.25, -0.2) is 0 Å². The van der Waals surface area contributed by atoms with Crippen LogP contribution in [0.2, 0.25) is 0 Å². The molecule has 0 aliphatic carbocycles. The Morgan fingerprint density at radius 3 is 1.09 bits per heavy atom. The molecule has 3 aromatic rings. The number of benzene rings is 3. The van der Waals surface area contributed by atoms with Crippen LogP contribution < -0.4 is 9.47 Å². The Balaban J connectivity index is 1.48. The molecular formula is C38H54O6. The molecule has 3 aromatic carbocycles. The highest BCUT2D eigenvalue weighted by molar-refractivity contribution is 6.11. The number of carbonyl (C=O) groups excluding carboxylic acids is 2. The summed E-state index contributed by atoms with van der Waals surface area (Å²) in [7, 11) is 0. The molecule has 6 nitrogen and oxygen atoms in total. The topological polar surface area (TPSA) is 71.1 Å². The lowest BCUT2D eigenvalue weighted by molar-refractivity contribution is -0.156. The Labute approximate surface area is 264 Å². The molecule has 0 spiro atoms. The summed E-state index contributed by atoms with van der Waals surface area (Å²) in [6.07, 6.45) is 10.9. The first kappa shape index (κ1) is 35.2. The molecule has 0 aliphatic rings. The van der Waals surface area contributed by atoms with Crippen LogP contribution in [0.4, 0.5) is 0 Å². The normalized spacial score (nSPS) is 12.0. The van der Waals surface area contributed by atoms with Crippen molar-refractivity contribution in [3.8, 4) is 11.5 Å². The SMILES string of the molecule is CC(C)(C)OC(=O)CCCCCCCOc1c2ccccc2c(OCCCCCCCC(=O)OC(C)(C)C)c2ccccc12. The van der Waals surface area contributed by atoms with Crippen LogP contribution >= 0.6 is 0 Å². The van der Waals surface area contributed by atoms with E-state index < -0.39 is 11.2 Å². The lowest BCUT2D eigenvalue weighted by Gasteiger charge is -2.19. The van der Waals surface area contributed by atoms with Crippen molar-refractivity contribution < 1.29 is 28.5 Å². The average molecular weight is 607 g/mol. The minimum absolute atomic E-state index is 0.112. The molecule has 0 saturated heterocycles. The lowest BCUT2D eigenvalue weighted by atomic mass is 10.0. The summed E-state index contributed by atoms with van der Waals surface area (Å²) in [5, 5.41) is 4.28. The molecule has 0 heterocycles. The molecule has 0 fully saturated rings. The molecule has 0 atom stereocenters. The van der Waals surface area contributed by atoms with Gasteiger partial charge in [-0.1, -0.05) is 87.1 Å². The van der Waals surface area contributed by atoms with Gasteiger partial charge in [0.05, 0.1) is 13.2 Å². The van der Waals surface area contributed by atoms with Gasteiger partial charge in [-0.15, -0.1) is 0 Å². The van der Waals surface area contributed by atoms with Crippen LogP contribution in [0.15, 0.2) is 48.5 Å². The zero-order valence-corrected chi connectivity index (χ0v) is 28.0. The Morgan fingerprint density at radius 2 is 0.773 bits per heavy atom. The lowest BCUT2D eigenvalue weighted by Crippen LogP contribution is -2.23. The summed E-state index contributed by atoms with van der Waals surface area (Å²) in [6, 6.07) is 16.7. The van der Waals surface area contributed by atoms with Gasteiger partial charge in [0.15, 0.2) is 0 Å². The number of hydrogen-bond acceptors (Lipinski definition) is 6. The van der Waals surface area contributed by atoms with Gasteiger partial charge in [0.2, 0.25) is 0 Å². The number of unbranched alkanes of at least 4 members (excludes halogenated alkanes) is 8. The van der Waals surface area contributed by atoms with E-state index >= 15 is 0 Å². The van der Waals surface area contributed by atoms with Crippen molar-refractivity contribution in [2.45, 2.75) is 130 Å². The first-order valence-electron chi connectivity index (χ1n) is 16.6. The van der Waals surface area contributed by atoms with Crippen molar-refractivity contribution in [3.63, 3.8) is 0 Å². The molecule has 0 unspecified atom stereocenters. The third-order valence-corrected chi connectivity index (χ3v) is 7.22. The highest BCUT2D eigenvalue weighted by Gasteiger charge is 2.18. The molecule has 0 aliphatic heterocycles. The van der Waals surface area contributed by atoms with Crippen molar-refractivity contribution in [2.75, 3.05) is 13.2 Å². The maximum Gasteiger partial charge on any atom is 0.306 e. The zero-order valence-electron chi connectivity index (χ0n) is 28.0. The predicted molar refractivity (Wildman–Crippen MR) is 180 cm³/mol. The molecule has 44 heavy (non-hydrogen) atoms. The van der Waals surface area contributed by atoms with Crippen LogP contribution in [0.25, 0.3) is 21.5 Å². The number of rotatable bonds is 18. The summed E-state index contributed by atoms with van der Waals surface area (Å²) < 4.78 is 23.7. The molecule has 6 heteroatoms. The summed E-state index contributed by atoms with van der Waals surface area (Å²) in [5.41, 5.74) is -0.834. The minimum atomic E-state index is -0.417. The molecule has 0 bridgehead atoms. The molecule has 242 valence electrons. The van der Waals surface area contributed by atoms with Gasteiger partial charge < -0.3 is 18.9 Å². The third kappa shape index (κ3) is 12.4. The van der Waals surface area contributed by atoms with E-state index in [-0.39, 0.29) is 11.9 Å². The molecule has 0 amide bonds. The number of fused-ring (bicyclic) bond motifs is 2. The van der Waals surface area contributed by atoms with Gasteiger partial charge in [0, 0.05) is 34.4 Å². The Kier molecular flexibility index (Phi) is 13.8. The van der Waals surface area contributed by atoms with E-state index in [1.807, 2.05) is 41.5 Å². The first-order valence-corrected chi connectivity index (χ1v) is 16.6. The largest absolute Gasteiger partial charge is 0.492 e. The molecular weight excluding hydrogens is 552 g/mol. The summed E-state index contributed by atoms with van der Waals surface area (Å²) in [5.74, 6) is 1.61. The molecule has 0 saturated carbocycles. The van der Waals surface area contributed by atoms with Gasteiger partial charge in [0.25, 0.3) is 0 Å². The first-order chi connectivity index (χ1) is 20.9. The maximum atomic E-state index is 11.9. The minimum Gasteiger partial charge on any atom is -0.492 e. The molecule has 0 aromatic heterocycles. The van der Waals surface area contributed by atoms with Gasteiger partial charge in [-0.05, 0) is 67.2 Å². The molecule has 0 N–H and O–H groups in total. The van der Waals surface area contributed by atoms with Crippen molar-refractivity contribution >= 4 is 33.5 Å². The molecule has 3 rings (SSSR count). The van der Waals surface area contributed by atoms with Crippen molar-refractivity contribution in [3.05, 3.63) is 48.5 Å². The summed E-state index contributed by atoms with van der Waals surface area (Å²) in [6.45, 7) is 12.7. The van der Waals surface area contributed by atoms with Crippen LogP contribution in [0.5, 0.6) is 11.5 Å². The fourth-order valence-corrected chi connectivity index (χ4v) is 5.30. The second-order valence-electron chi connectivity index (χ2n) is 13.7. The Hall–Kier alpha value is -3.28. The standard InChI is InChI=1S/C38H54O6/c1-37(2,3)43-33(39)25-13-9-7-11-19-27-41-35-29-21-15-17-23-31(29)36(32-24-18-16-22-30(32)35)42-28-20-12-8-10-14-26-34(40)44-38(4,5)6/h15-18,21-24H,7-14,19-20,25-28H2,1-6H3. The predicted octanol–water partition coefficient (Wildman–Crippen LogP) is 10.1. The zero-order chi connectivity index (χ0) is 32.0. The van der Waals surface area contributed by atoms with Gasteiger partial charge in [-0.2, -0.15) is 0 Å². The maximum absolute atomic E-state index is 11.9. The third-order valence-electron chi connectivity index (χ3n) is 7.22. The van der Waals surface area contributed by atoms with Crippen LogP contribution in [0.1, 0.15) is 119 Å². The van der Waals surface area contributed by atoms with E-state index in [9.17, 15) is 9.59 Å². The number of ether oxygens (including phenoxy) is 4. The average Bonchev–Trinajstić information content (AvgIpc) is 2.94. The quantitative estimate of drug-likeness (QED) is 0.0815. The van der Waals surface area contributed by atoms with Crippen LogP contribution in [0, 0.1) is 0 Å². The van der Waals surface area contributed by atoms with E-state index in [0.29, 0.717) is 26.1 Å². The Morgan fingerprint density at radius 1 is 0.477 bits per heavy atom. The smallest absolute Gasteiger partial charge is 0.306 e. The highest BCUT2D eigenvalue weighted by Crippen LogP contribution is 2.42. The summed E-state index contributed by atoms with van der Waals surface area (Å²) in [4.78, 5) is 23.8. The van der Waals surface area contributed by atoms with E-state index in [1.165, 1.54) is 0 Å². The monoisotopic (exact) mass is 606 g/mol. The number of hydrogen-bond donors (Lipinski definition) is 0. The van der Waals surface area contributed by atoms with Gasteiger partial charge >= 0.3 is 11.9 Å².